The van der Waals surface area contributed by atoms with Crippen LogP contribution in [0, 0.1) is 12.3 Å². The lowest BCUT2D eigenvalue weighted by atomic mass is 10.1. The highest BCUT2D eigenvalue weighted by atomic mass is 32.1. The molecule has 102 valence electrons. The van der Waals surface area contributed by atoms with E-state index in [0.717, 1.165) is 17.7 Å². The molecule has 2 rings (SSSR count). The van der Waals surface area contributed by atoms with Gasteiger partial charge in [0, 0.05) is 24.7 Å². The van der Waals surface area contributed by atoms with Gasteiger partial charge in [-0.25, -0.2) is 4.98 Å². The minimum Gasteiger partial charge on any atom is -0.399 e. The number of rotatable bonds is 4. The highest BCUT2D eigenvalue weighted by Gasteiger charge is 2.14. The Balaban J connectivity index is 1.94. The fourth-order valence-electron chi connectivity index (χ4n) is 1.72. The molecule has 5 heteroatoms. The van der Waals surface area contributed by atoms with Crippen LogP contribution in [-0.4, -0.2) is 29.4 Å². The summed E-state index contributed by atoms with van der Waals surface area (Å²) in [6.45, 7) is 0.617. The lowest BCUT2D eigenvalue weighted by Gasteiger charge is -2.15. The molecule has 0 bridgehead atoms. The summed E-state index contributed by atoms with van der Waals surface area (Å²) in [5, 5.41) is 2.22. The Morgan fingerprint density at radius 3 is 2.75 bits per heavy atom. The van der Waals surface area contributed by atoms with E-state index in [1.807, 2.05) is 24.3 Å². The number of hydrogen-bond donors (Lipinski definition) is 1. The Kier molecular flexibility index (Phi) is 4.38. The number of carbonyl (C=O) groups excluding carboxylic acids is 1. The predicted molar refractivity (Wildman–Crippen MR) is 81.6 cm³/mol. The molecule has 1 heterocycles. The third-order valence-corrected chi connectivity index (χ3v) is 3.68. The van der Waals surface area contributed by atoms with E-state index >= 15 is 0 Å². The molecule has 1 aromatic heterocycles. The smallest absolute Gasteiger partial charge is 0.273 e. The first-order valence-electron chi connectivity index (χ1n) is 6.12. The van der Waals surface area contributed by atoms with E-state index in [9.17, 15) is 4.79 Å². The van der Waals surface area contributed by atoms with Gasteiger partial charge < -0.3 is 10.6 Å². The Hall–Kier alpha value is -2.32. The number of aromatic nitrogens is 1. The zero-order valence-corrected chi connectivity index (χ0v) is 12.0. The van der Waals surface area contributed by atoms with Crippen molar-refractivity contribution < 1.29 is 4.79 Å². The van der Waals surface area contributed by atoms with Crippen LogP contribution in [0.2, 0.25) is 0 Å². The molecule has 0 unspecified atom stereocenters. The van der Waals surface area contributed by atoms with Crippen molar-refractivity contribution in [1.29, 1.82) is 0 Å². The molecule has 1 aromatic carbocycles. The third-order valence-electron chi connectivity index (χ3n) is 2.91. The first kappa shape index (κ1) is 14.1. The lowest BCUT2D eigenvalue weighted by Crippen LogP contribution is -2.29. The molecule has 0 atom stereocenters. The number of likely N-dealkylation sites (N-methyl/N-ethyl adjacent to an activating group) is 1. The highest BCUT2D eigenvalue weighted by molar-refractivity contribution is 7.10. The number of hydrogen-bond acceptors (Lipinski definition) is 4. The molecule has 2 aromatic rings. The second kappa shape index (κ2) is 6.22. The molecule has 0 aliphatic carbocycles. The van der Waals surface area contributed by atoms with E-state index in [0.29, 0.717) is 17.2 Å². The van der Waals surface area contributed by atoms with Crippen molar-refractivity contribution in [2.45, 2.75) is 6.42 Å². The van der Waals surface area contributed by atoms with Crippen molar-refractivity contribution >= 4 is 22.9 Å². The minimum absolute atomic E-state index is 0.113. The third kappa shape index (κ3) is 3.37. The summed E-state index contributed by atoms with van der Waals surface area (Å²) >= 11 is 1.30. The molecule has 1 amide bonds. The van der Waals surface area contributed by atoms with Gasteiger partial charge in [-0.15, -0.1) is 17.8 Å². The molecule has 0 saturated heterocycles. The summed E-state index contributed by atoms with van der Waals surface area (Å²) in [5.74, 6) is 2.32. The number of nitrogens with zero attached hydrogens (tertiary/aromatic N) is 2. The van der Waals surface area contributed by atoms with Crippen molar-refractivity contribution in [1.82, 2.24) is 9.88 Å². The van der Waals surface area contributed by atoms with E-state index in [2.05, 4.69) is 10.9 Å². The van der Waals surface area contributed by atoms with E-state index in [4.69, 9.17) is 12.2 Å². The van der Waals surface area contributed by atoms with Gasteiger partial charge in [0.05, 0.1) is 0 Å². The summed E-state index contributed by atoms with van der Waals surface area (Å²) in [4.78, 5) is 17.9. The maximum Gasteiger partial charge on any atom is 0.273 e. The van der Waals surface area contributed by atoms with Crippen LogP contribution in [0.1, 0.15) is 21.1 Å². The van der Waals surface area contributed by atoms with Gasteiger partial charge in [0.1, 0.15) is 5.69 Å². The van der Waals surface area contributed by atoms with Gasteiger partial charge in [-0.3, -0.25) is 4.79 Å². The maximum atomic E-state index is 12.1. The number of thiazole rings is 1. The Bertz CT molecular complexity index is 640. The van der Waals surface area contributed by atoms with Crippen LogP contribution in [0.25, 0.3) is 0 Å². The van der Waals surface area contributed by atoms with Gasteiger partial charge in [-0.1, -0.05) is 12.1 Å². The zero-order chi connectivity index (χ0) is 14.5. The minimum atomic E-state index is -0.113. The van der Waals surface area contributed by atoms with Crippen molar-refractivity contribution in [3.05, 3.63) is 45.9 Å². The van der Waals surface area contributed by atoms with Crippen LogP contribution in [0.15, 0.2) is 29.6 Å². The van der Waals surface area contributed by atoms with Crippen molar-refractivity contribution in [3.8, 4) is 12.3 Å². The monoisotopic (exact) mass is 285 g/mol. The molecule has 0 saturated carbocycles. The molecular weight excluding hydrogens is 270 g/mol. The molecule has 4 nitrogen and oxygen atoms in total. The Morgan fingerprint density at radius 1 is 1.45 bits per heavy atom. The van der Waals surface area contributed by atoms with E-state index < -0.39 is 0 Å². The Morgan fingerprint density at radius 2 is 2.15 bits per heavy atom. The number of nitrogen functional groups attached to an aromatic ring is 1. The number of nitrogens with two attached hydrogens (primary N) is 1. The topological polar surface area (TPSA) is 59.2 Å². The number of anilines is 1. The standard InChI is InChI=1S/C15H15N3OS/c1-3-14-17-13(10-20-14)15(19)18(2)9-8-11-4-6-12(16)7-5-11/h1,4-7,10H,8-9,16H2,2H3. The van der Waals surface area contributed by atoms with Crippen LogP contribution in [0.5, 0.6) is 0 Å². The molecule has 0 spiro atoms. The van der Waals surface area contributed by atoms with Crippen molar-refractivity contribution in [3.63, 3.8) is 0 Å². The van der Waals surface area contributed by atoms with Gasteiger partial charge >= 0.3 is 0 Å². The number of terminal acetylenes is 1. The summed E-state index contributed by atoms with van der Waals surface area (Å²) in [7, 11) is 1.76. The van der Waals surface area contributed by atoms with Crippen LogP contribution in [0.3, 0.4) is 0 Å². The summed E-state index contributed by atoms with van der Waals surface area (Å²) in [6, 6.07) is 7.65. The highest BCUT2D eigenvalue weighted by Crippen LogP contribution is 2.11. The molecule has 0 aliphatic rings. The normalized spacial score (nSPS) is 10.0. The van der Waals surface area contributed by atoms with Crippen LogP contribution in [-0.2, 0) is 6.42 Å². The van der Waals surface area contributed by atoms with Crippen molar-refractivity contribution in [2.24, 2.45) is 0 Å². The summed E-state index contributed by atoms with van der Waals surface area (Å²) in [6.07, 6.45) is 6.02. The van der Waals surface area contributed by atoms with Crippen LogP contribution in [0.4, 0.5) is 5.69 Å². The van der Waals surface area contributed by atoms with Crippen LogP contribution < -0.4 is 5.73 Å². The maximum absolute atomic E-state index is 12.1. The van der Waals surface area contributed by atoms with Gasteiger partial charge in [0.15, 0.2) is 5.01 Å². The van der Waals surface area contributed by atoms with Crippen LogP contribution >= 0.6 is 11.3 Å². The zero-order valence-electron chi connectivity index (χ0n) is 11.2. The van der Waals surface area contributed by atoms with Gasteiger partial charge in [0.2, 0.25) is 0 Å². The Labute approximate surface area is 122 Å². The van der Waals surface area contributed by atoms with E-state index in [1.165, 1.54) is 11.3 Å². The molecular formula is C15H15N3OS. The first-order chi connectivity index (χ1) is 9.60. The van der Waals surface area contributed by atoms with Gasteiger partial charge in [0.25, 0.3) is 5.91 Å². The average molecular weight is 285 g/mol. The van der Waals surface area contributed by atoms with E-state index in [1.54, 1.807) is 17.3 Å². The summed E-state index contributed by atoms with van der Waals surface area (Å²) < 4.78 is 0. The number of benzene rings is 1. The average Bonchev–Trinajstić information content (AvgIpc) is 2.94. The molecule has 0 radical (unpaired) electrons. The number of amides is 1. The second-order valence-electron chi connectivity index (χ2n) is 4.40. The molecule has 0 fully saturated rings. The fraction of sp³-hybridized carbons (Fsp3) is 0.200. The molecule has 2 N–H and O–H groups in total. The predicted octanol–water partition coefficient (Wildman–Crippen LogP) is 2.02. The SMILES string of the molecule is C#Cc1nc(C(=O)N(C)CCc2ccc(N)cc2)cs1. The van der Waals surface area contributed by atoms with Gasteiger partial charge in [-0.2, -0.15) is 0 Å². The largest absolute Gasteiger partial charge is 0.399 e. The quantitative estimate of drug-likeness (QED) is 0.690. The molecule has 20 heavy (non-hydrogen) atoms. The van der Waals surface area contributed by atoms with E-state index in [-0.39, 0.29) is 5.91 Å². The second-order valence-corrected chi connectivity index (χ2v) is 5.26. The number of carbonyl (C=O) groups is 1. The van der Waals surface area contributed by atoms with Crippen molar-refractivity contribution in [2.75, 3.05) is 19.3 Å². The molecule has 0 aliphatic heterocycles. The lowest BCUT2D eigenvalue weighted by molar-refractivity contribution is 0.0791. The fourth-order valence-corrected chi connectivity index (χ4v) is 2.31. The summed E-state index contributed by atoms with van der Waals surface area (Å²) in [5.41, 5.74) is 7.92. The first-order valence-corrected chi connectivity index (χ1v) is 7.00. The van der Waals surface area contributed by atoms with Gasteiger partial charge in [-0.05, 0) is 30.0 Å².